The summed E-state index contributed by atoms with van der Waals surface area (Å²) in [4.78, 5) is 23.1. The Hall–Kier alpha value is -2.34. The van der Waals surface area contributed by atoms with Gasteiger partial charge in [0.2, 0.25) is 0 Å². The van der Waals surface area contributed by atoms with E-state index in [2.05, 4.69) is 0 Å². The number of hydrogen-bond donors (Lipinski definition) is 1. The van der Waals surface area contributed by atoms with Crippen molar-refractivity contribution in [2.24, 2.45) is 0 Å². The maximum Gasteiger partial charge on any atom is 0.338 e. The fourth-order valence-corrected chi connectivity index (χ4v) is 2.03. The largest absolute Gasteiger partial charge is 0.508 e. The van der Waals surface area contributed by atoms with Crippen LogP contribution in [-0.2, 0) is 24.7 Å². The molecule has 6 heteroatoms. The third-order valence-corrected chi connectivity index (χ3v) is 3.75. The Kier molecular flexibility index (Phi) is 4.75. The summed E-state index contributed by atoms with van der Waals surface area (Å²) >= 11 is 0. The predicted molar refractivity (Wildman–Crippen MR) is 82.2 cm³/mol. The Bertz CT molecular complexity index is 670. The smallest absolute Gasteiger partial charge is 0.338 e. The van der Waals surface area contributed by atoms with E-state index in [1.54, 1.807) is 32.9 Å². The molecule has 1 aliphatic rings. The van der Waals surface area contributed by atoms with E-state index in [0.717, 1.165) is 0 Å². The summed E-state index contributed by atoms with van der Waals surface area (Å²) < 4.78 is 15.9. The molecule has 0 bridgehead atoms. The fraction of sp³-hybridized carbons (Fsp3) is 0.412. The number of epoxide rings is 1. The average molecular weight is 320 g/mol. The predicted octanol–water partition coefficient (Wildman–Crippen LogP) is 2.36. The van der Waals surface area contributed by atoms with Gasteiger partial charge in [-0.2, -0.15) is 0 Å². The van der Waals surface area contributed by atoms with E-state index in [0.29, 0.717) is 23.3 Å². The van der Waals surface area contributed by atoms with Gasteiger partial charge < -0.3 is 19.3 Å². The van der Waals surface area contributed by atoms with Crippen molar-refractivity contribution in [3.8, 4) is 11.5 Å². The van der Waals surface area contributed by atoms with Gasteiger partial charge in [-0.05, 0) is 38.5 Å². The number of rotatable bonds is 5. The topological polar surface area (TPSA) is 85.4 Å². The summed E-state index contributed by atoms with van der Waals surface area (Å²) in [7, 11) is 0. The van der Waals surface area contributed by atoms with Crippen LogP contribution < -0.4 is 4.74 Å². The third kappa shape index (κ3) is 3.71. The molecule has 6 nitrogen and oxygen atoms in total. The van der Waals surface area contributed by atoms with Crippen molar-refractivity contribution >= 4 is 11.9 Å². The number of carbonyl (C=O) groups excluding carboxylic acids is 2. The van der Waals surface area contributed by atoms with Gasteiger partial charge >= 0.3 is 11.9 Å². The van der Waals surface area contributed by atoms with Gasteiger partial charge in [0.05, 0.1) is 6.61 Å². The van der Waals surface area contributed by atoms with E-state index >= 15 is 0 Å². The number of phenols is 1. The van der Waals surface area contributed by atoms with Crippen molar-refractivity contribution in [2.45, 2.75) is 33.3 Å². The molecule has 0 amide bonds. The first kappa shape index (κ1) is 17.0. The van der Waals surface area contributed by atoms with Crippen LogP contribution in [0, 0.1) is 6.92 Å². The zero-order valence-electron chi connectivity index (χ0n) is 13.6. The summed E-state index contributed by atoms with van der Waals surface area (Å²) in [6.07, 6.45) is 1.65. The number of aryl methyl sites for hydroxylation is 1. The number of phenolic OH excluding ortho intramolecular Hbond substituents is 1. The monoisotopic (exact) mass is 320 g/mol. The molecule has 0 aromatic heterocycles. The second kappa shape index (κ2) is 6.42. The van der Waals surface area contributed by atoms with Crippen molar-refractivity contribution in [3.63, 3.8) is 0 Å². The minimum Gasteiger partial charge on any atom is -0.508 e. The van der Waals surface area contributed by atoms with E-state index in [-0.39, 0.29) is 18.1 Å². The van der Waals surface area contributed by atoms with Gasteiger partial charge in [-0.15, -0.1) is 0 Å². The quantitative estimate of drug-likeness (QED) is 0.388. The highest BCUT2D eigenvalue weighted by molar-refractivity contribution is 5.89. The molecule has 0 radical (unpaired) electrons. The first-order valence-electron chi connectivity index (χ1n) is 7.25. The van der Waals surface area contributed by atoms with Crippen molar-refractivity contribution in [3.05, 3.63) is 34.9 Å². The second-order valence-corrected chi connectivity index (χ2v) is 5.56. The molecular formula is C17H20O6. The van der Waals surface area contributed by atoms with Gasteiger partial charge in [-0.3, -0.25) is 4.79 Å². The van der Waals surface area contributed by atoms with Crippen LogP contribution in [0.25, 0.3) is 0 Å². The maximum atomic E-state index is 12.0. The number of carbonyl (C=O) groups is 2. The van der Waals surface area contributed by atoms with Gasteiger partial charge in [-0.25, -0.2) is 4.79 Å². The van der Waals surface area contributed by atoms with Crippen molar-refractivity contribution < 1.29 is 28.9 Å². The van der Waals surface area contributed by atoms with E-state index in [1.807, 2.05) is 0 Å². The van der Waals surface area contributed by atoms with Crippen molar-refractivity contribution in [2.75, 3.05) is 13.2 Å². The van der Waals surface area contributed by atoms with Crippen LogP contribution in [0.3, 0.4) is 0 Å². The van der Waals surface area contributed by atoms with Crippen LogP contribution in [0.5, 0.6) is 11.5 Å². The first-order chi connectivity index (χ1) is 10.8. The molecule has 124 valence electrons. The molecule has 1 aromatic rings. The van der Waals surface area contributed by atoms with E-state index in [1.165, 1.54) is 13.0 Å². The number of allylic oxidation sites excluding steroid dienone is 1. The van der Waals surface area contributed by atoms with E-state index in [9.17, 15) is 14.7 Å². The molecule has 1 heterocycles. The molecule has 1 atom stereocenters. The average Bonchev–Trinajstić information content (AvgIpc) is 3.28. The number of esters is 2. The zero-order chi connectivity index (χ0) is 17.2. The van der Waals surface area contributed by atoms with Gasteiger partial charge in [0.1, 0.15) is 18.1 Å². The molecule has 0 saturated carbocycles. The lowest BCUT2D eigenvalue weighted by Gasteiger charge is -2.18. The van der Waals surface area contributed by atoms with E-state index in [4.69, 9.17) is 14.2 Å². The highest BCUT2D eigenvalue weighted by Gasteiger charge is 2.50. The van der Waals surface area contributed by atoms with Crippen LogP contribution in [0.2, 0.25) is 0 Å². The molecule has 1 aromatic carbocycles. The third-order valence-electron chi connectivity index (χ3n) is 3.75. The van der Waals surface area contributed by atoms with Crippen molar-refractivity contribution in [1.29, 1.82) is 0 Å². The summed E-state index contributed by atoms with van der Waals surface area (Å²) in [5.41, 5.74) is 0.639. The number of ether oxygens (including phenoxy) is 3. The molecule has 2 rings (SSSR count). The fourth-order valence-electron chi connectivity index (χ4n) is 2.03. The molecule has 1 N–H and O–H groups in total. The first-order valence-corrected chi connectivity index (χ1v) is 7.25. The van der Waals surface area contributed by atoms with Gasteiger partial charge in [0, 0.05) is 18.1 Å². The van der Waals surface area contributed by atoms with Crippen LogP contribution in [0.4, 0.5) is 0 Å². The Morgan fingerprint density at radius 3 is 2.57 bits per heavy atom. The minimum atomic E-state index is -0.879. The number of aromatic hydroxyl groups is 1. The maximum absolute atomic E-state index is 12.0. The molecule has 1 aliphatic heterocycles. The molecule has 0 aliphatic carbocycles. The van der Waals surface area contributed by atoms with Gasteiger partial charge in [0.15, 0.2) is 5.60 Å². The highest BCUT2D eigenvalue weighted by atomic mass is 16.6. The van der Waals surface area contributed by atoms with E-state index < -0.39 is 17.5 Å². The summed E-state index contributed by atoms with van der Waals surface area (Å²) in [6.45, 7) is 6.71. The van der Waals surface area contributed by atoms with Crippen molar-refractivity contribution in [1.82, 2.24) is 0 Å². The van der Waals surface area contributed by atoms with Gasteiger partial charge in [-0.1, -0.05) is 6.08 Å². The lowest BCUT2D eigenvalue weighted by atomic mass is 9.97. The zero-order valence-corrected chi connectivity index (χ0v) is 13.6. The normalized spacial score (nSPS) is 20.1. The highest BCUT2D eigenvalue weighted by Crippen LogP contribution is 2.45. The number of hydrogen-bond acceptors (Lipinski definition) is 6. The van der Waals surface area contributed by atoms with Gasteiger partial charge in [0.25, 0.3) is 0 Å². The molecule has 23 heavy (non-hydrogen) atoms. The van der Waals surface area contributed by atoms with Crippen LogP contribution in [0.1, 0.15) is 31.9 Å². The minimum absolute atomic E-state index is 0.00200. The standard InChI is InChI=1S/C17H20O6/c1-5-10(2)16(20)23-15-6-11(3)14(19)7-13(15)17(9-22-17)8-21-12(4)18/h5-7,19H,8-9H2,1-4H3/t17-/m1/s1. The van der Waals surface area contributed by atoms with Crippen LogP contribution in [0.15, 0.2) is 23.8 Å². The lowest BCUT2D eigenvalue weighted by molar-refractivity contribution is -0.143. The Morgan fingerprint density at radius 2 is 2.04 bits per heavy atom. The lowest BCUT2D eigenvalue weighted by Crippen LogP contribution is -2.21. The summed E-state index contributed by atoms with van der Waals surface area (Å²) in [6, 6.07) is 3.06. The SMILES string of the molecule is CC=C(C)C(=O)Oc1cc(C)c(O)cc1[C@@]1(COC(C)=O)CO1. The summed E-state index contributed by atoms with van der Waals surface area (Å²) in [5, 5.41) is 9.97. The Labute approximate surface area is 134 Å². The molecular weight excluding hydrogens is 300 g/mol. The van der Waals surface area contributed by atoms with Crippen LogP contribution >= 0.6 is 0 Å². The molecule has 1 saturated heterocycles. The van der Waals surface area contributed by atoms with Crippen LogP contribution in [-0.4, -0.2) is 30.3 Å². The molecule has 1 fully saturated rings. The molecule has 0 unspecified atom stereocenters. The molecule has 0 spiro atoms. The Morgan fingerprint density at radius 1 is 1.39 bits per heavy atom. The summed E-state index contributed by atoms with van der Waals surface area (Å²) in [5.74, 6) is -0.571. The number of benzene rings is 1. The Balaban J connectivity index is 2.36. The second-order valence-electron chi connectivity index (χ2n) is 5.56.